The Labute approximate surface area is 106 Å². The first kappa shape index (κ1) is 9.95. The van der Waals surface area contributed by atoms with Crippen LogP contribution in [0, 0.1) is 6.08 Å². The van der Waals surface area contributed by atoms with E-state index in [1.807, 2.05) is 0 Å². The van der Waals surface area contributed by atoms with Crippen molar-refractivity contribution >= 4 is 16.8 Å². The average Bonchev–Trinajstić information content (AvgIpc) is 2.45. The van der Waals surface area contributed by atoms with Gasteiger partial charge in [0.1, 0.15) is 11.5 Å². The second-order valence-corrected chi connectivity index (χ2v) is 4.83. The Hall–Kier alpha value is -2.02. The predicted octanol–water partition coefficient (Wildman–Crippen LogP) is 4.49. The van der Waals surface area contributed by atoms with Crippen LogP contribution in [0.4, 0.5) is 0 Å². The molecule has 0 amide bonds. The molecule has 87 valence electrons. The van der Waals surface area contributed by atoms with Gasteiger partial charge in [0.15, 0.2) is 0 Å². The molecular weight excluding hydrogens is 220 g/mol. The molecule has 1 radical (unpaired) electrons. The maximum atomic E-state index is 5.98. The minimum atomic E-state index is 0.948. The molecule has 0 saturated heterocycles. The van der Waals surface area contributed by atoms with Crippen molar-refractivity contribution in [3.63, 3.8) is 0 Å². The number of fused-ring (bicyclic) bond motifs is 4. The van der Waals surface area contributed by atoms with Crippen LogP contribution in [-0.4, -0.2) is 0 Å². The maximum absolute atomic E-state index is 5.98. The van der Waals surface area contributed by atoms with Gasteiger partial charge in [-0.05, 0) is 47.8 Å². The van der Waals surface area contributed by atoms with E-state index in [0.717, 1.165) is 24.4 Å². The van der Waals surface area contributed by atoms with Crippen LogP contribution in [0.3, 0.4) is 0 Å². The number of hydrogen-bond donors (Lipinski definition) is 0. The summed E-state index contributed by atoms with van der Waals surface area (Å²) >= 11 is 0. The van der Waals surface area contributed by atoms with Gasteiger partial charge in [0.05, 0.1) is 0 Å². The molecule has 0 N–H and O–H groups in total. The van der Waals surface area contributed by atoms with Crippen LogP contribution in [0.15, 0.2) is 47.7 Å². The van der Waals surface area contributed by atoms with Crippen molar-refractivity contribution in [3.05, 3.63) is 59.4 Å². The molecule has 0 unspecified atom stereocenters. The molecule has 1 heterocycles. The van der Waals surface area contributed by atoms with Gasteiger partial charge in [-0.3, -0.25) is 0 Å². The second-order valence-electron chi connectivity index (χ2n) is 4.83. The molecule has 0 spiro atoms. The summed E-state index contributed by atoms with van der Waals surface area (Å²) in [5.74, 6) is 1.91. The van der Waals surface area contributed by atoms with Crippen molar-refractivity contribution in [1.29, 1.82) is 0 Å². The molecule has 0 atom stereocenters. The molecule has 0 fully saturated rings. The van der Waals surface area contributed by atoms with Crippen molar-refractivity contribution in [2.24, 2.45) is 0 Å². The van der Waals surface area contributed by atoms with Crippen LogP contribution >= 0.6 is 0 Å². The molecular formula is C17H13O. The first-order valence-electron chi connectivity index (χ1n) is 6.43. The molecule has 18 heavy (non-hydrogen) atoms. The van der Waals surface area contributed by atoms with Crippen molar-refractivity contribution in [1.82, 2.24) is 0 Å². The van der Waals surface area contributed by atoms with Crippen LogP contribution in [0.2, 0.25) is 0 Å². The number of ether oxygens (including phenoxy) is 1. The lowest BCUT2D eigenvalue weighted by atomic mass is 9.93. The highest BCUT2D eigenvalue weighted by Crippen LogP contribution is 2.39. The third kappa shape index (κ3) is 1.40. The van der Waals surface area contributed by atoms with Gasteiger partial charge in [-0.25, -0.2) is 0 Å². The summed E-state index contributed by atoms with van der Waals surface area (Å²) in [7, 11) is 0. The van der Waals surface area contributed by atoms with E-state index in [1.165, 1.54) is 28.3 Å². The Balaban J connectivity index is 2.01. The maximum Gasteiger partial charge on any atom is 0.135 e. The highest BCUT2D eigenvalue weighted by atomic mass is 16.5. The topological polar surface area (TPSA) is 9.23 Å². The van der Waals surface area contributed by atoms with E-state index in [-0.39, 0.29) is 0 Å². The Morgan fingerprint density at radius 1 is 1.06 bits per heavy atom. The summed E-state index contributed by atoms with van der Waals surface area (Å²) in [6.07, 6.45) is 8.91. The van der Waals surface area contributed by atoms with E-state index in [0.29, 0.717) is 0 Å². The van der Waals surface area contributed by atoms with Gasteiger partial charge in [-0.15, -0.1) is 0 Å². The number of benzene rings is 2. The lowest BCUT2D eigenvalue weighted by molar-refractivity contribution is 0.412. The van der Waals surface area contributed by atoms with E-state index in [2.05, 4.69) is 48.6 Å². The molecule has 1 aliphatic heterocycles. The fourth-order valence-corrected chi connectivity index (χ4v) is 2.74. The molecule has 0 saturated carbocycles. The van der Waals surface area contributed by atoms with Crippen molar-refractivity contribution in [3.8, 4) is 5.75 Å². The Bertz CT molecular complexity index is 692. The third-order valence-electron chi connectivity index (χ3n) is 3.66. The van der Waals surface area contributed by atoms with Crippen molar-refractivity contribution < 1.29 is 4.74 Å². The van der Waals surface area contributed by atoms with Crippen LogP contribution in [0.1, 0.15) is 24.8 Å². The zero-order valence-electron chi connectivity index (χ0n) is 10.1. The summed E-state index contributed by atoms with van der Waals surface area (Å²) in [6.45, 7) is 0. The minimum absolute atomic E-state index is 0.948. The monoisotopic (exact) mass is 233 g/mol. The van der Waals surface area contributed by atoms with Gasteiger partial charge in [-0.2, -0.15) is 0 Å². The quantitative estimate of drug-likeness (QED) is 0.651. The normalized spacial score (nSPS) is 17.3. The molecule has 2 aromatic rings. The zero-order chi connectivity index (χ0) is 11.9. The second kappa shape index (κ2) is 3.74. The van der Waals surface area contributed by atoms with Gasteiger partial charge in [0.25, 0.3) is 0 Å². The number of allylic oxidation sites excluding steroid dienone is 2. The first-order chi connectivity index (χ1) is 8.92. The summed E-state index contributed by atoms with van der Waals surface area (Å²) in [5.41, 5.74) is 2.51. The lowest BCUT2D eigenvalue weighted by Crippen LogP contribution is -2.09. The first-order valence-corrected chi connectivity index (χ1v) is 6.43. The molecule has 2 aliphatic rings. The molecule has 2 aromatic carbocycles. The van der Waals surface area contributed by atoms with E-state index >= 15 is 0 Å². The largest absolute Gasteiger partial charge is 0.456 e. The van der Waals surface area contributed by atoms with E-state index in [1.54, 1.807) is 0 Å². The van der Waals surface area contributed by atoms with E-state index < -0.39 is 0 Å². The summed E-state index contributed by atoms with van der Waals surface area (Å²) in [4.78, 5) is 0. The molecule has 1 nitrogen and oxygen atoms in total. The molecule has 1 heteroatoms. The smallest absolute Gasteiger partial charge is 0.135 e. The predicted molar refractivity (Wildman–Crippen MR) is 73.2 cm³/mol. The Morgan fingerprint density at radius 2 is 2.00 bits per heavy atom. The van der Waals surface area contributed by atoms with Crippen molar-refractivity contribution in [2.45, 2.75) is 19.3 Å². The molecule has 0 aromatic heterocycles. The van der Waals surface area contributed by atoms with Gasteiger partial charge in [0.2, 0.25) is 0 Å². The van der Waals surface area contributed by atoms with Gasteiger partial charge >= 0.3 is 0 Å². The van der Waals surface area contributed by atoms with Crippen LogP contribution in [-0.2, 0) is 0 Å². The fourth-order valence-electron chi connectivity index (χ4n) is 2.74. The van der Waals surface area contributed by atoms with Gasteiger partial charge in [-0.1, -0.05) is 30.3 Å². The number of hydrogen-bond acceptors (Lipinski definition) is 1. The van der Waals surface area contributed by atoms with E-state index in [4.69, 9.17) is 4.74 Å². The minimum Gasteiger partial charge on any atom is -0.456 e. The number of rotatable bonds is 0. The standard InChI is InChI=1S/C17H13O/c1-3-7-14-12(5-1)9-10-17-15(14)11-13-6-2-4-8-16(13)18-17/h1,3,5,7,9-11H,2,4,6H2. The summed E-state index contributed by atoms with van der Waals surface area (Å²) in [5, 5.41) is 2.54. The van der Waals surface area contributed by atoms with Crippen molar-refractivity contribution in [2.75, 3.05) is 0 Å². The Morgan fingerprint density at radius 3 is 3.00 bits per heavy atom. The van der Waals surface area contributed by atoms with Crippen LogP contribution in [0.25, 0.3) is 16.8 Å². The average molecular weight is 233 g/mol. The summed E-state index contributed by atoms with van der Waals surface area (Å²) < 4.78 is 5.98. The van der Waals surface area contributed by atoms with Crippen LogP contribution in [0.5, 0.6) is 5.75 Å². The van der Waals surface area contributed by atoms with Crippen LogP contribution < -0.4 is 4.74 Å². The summed E-state index contributed by atoms with van der Waals surface area (Å²) in [6, 6.07) is 12.7. The highest BCUT2D eigenvalue weighted by Gasteiger charge is 2.20. The lowest BCUT2D eigenvalue weighted by Gasteiger charge is -2.24. The molecule has 1 aliphatic carbocycles. The SMILES string of the molecule is [C]1=C2Oc3ccc4ccccc4c3C=C2CCC1. The highest BCUT2D eigenvalue weighted by molar-refractivity contribution is 5.94. The zero-order valence-corrected chi connectivity index (χ0v) is 10.1. The van der Waals surface area contributed by atoms with E-state index in [9.17, 15) is 0 Å². The fraction of sp³-hybridized carbons (Fsp3) is 0.176. The third-order valence-corrected chi connectivity index (χ3v) is 3.66. The molecule has 4 rings (SSSR count). The Kier molecular flexibility index (Phi) is 2.07. The van der Waals surface area contributed by atoms with Gasteiger partial charge < -0.3 is 4.74 Å². The molecule has 0 bridgehead atoms. The van der Waals surface area contributed by atoms with Gasteiger partial charge in [0, 0.05) is 11.6 Å².